The van der Waals surface area contributed by atoms with Crippen molar-refractivity contribution in [2.45, 2.75) is 16.7 Å². The summed E-state index contributed by atoms with van der Waals surface area (Å²) in [5, 5.41) is 10.6. The molecular formula is C12H10ClFN4OS. The highest BCUT2D eigenvalue weighted by atomic mass is 35.5. The fraction of sp³-hybridized carbons (Fsp3) is 0.250. The lowest BCUT2D eigenvalue weighted by atomic mass is 10.3. The fourth-order valence-electron chi connectivity index (χ4n) is 2.07. The van der Waals surface area contributed by atoms with E-state index in [9.17, 15) is 9.18 Å². The number of nitrogens with zero attached hydrogens (tertiary/aromatic N) is 3. The summed E-state index contributed by atoms with van der Waals surface area (Å²) in [7, 11) is 0. The summed E-state index contributed by atoms with van der Waals surface area (Å²) in [5.74, 6) is -0.517. The lowest BCUT2D eigenvalue weighted by molar-refractivity contribution is -0.116. The van der Waals surface area contributed by atoms with Gasteiger partial charge in [0.1, 0.15) is 10.8 Å². The molecular weight excluding hydrogens is 303 g/mol. The molecule has 2 aromatic rings. The highest BCUT2D eigenvalue weighted by molar-refractivity contribution is 8.00. The molecule has 5 nitrogen and oxygen atoms in total. The van der Waals surface area contributed by atoms with Gasteiger partial charge in [0.2, 0.25) is 5.91 Å². The molecule has 8 heteroatoms. The zero-order valence-electron chi connectivity index (χ0n) is 10.2. The van der Waals surface area contributed by atoms with Crippen LogP contribution in [0.2, 0.25) is 5.02 Å². The summed E-state index contributed by atoms with van der Waals surface area (Å²) < 4.78 is 13.2. The molecule has 1 amide bonds. The number of aromatic amines is 1. The van der Waals surface area contributed by atoms with Crippen molar-refractivity contribution >= 4 is 35.0 Å². The van der Waals surface area contributed by atoms with E-state index in [1.54, 1.807) is 17.2 Å². The molecule has 1 aliphatic heterocycles. The third-order valence-electron chi connectivity index (χ3n) is 3.03. The number of hydrogen-bond donors (Lipinski definition) is 1. The summed E-state index contributed by atoms with van der Waals surface area (Å²) in [6.07, 6.45) is 2.28. The lowest BCUT2D eigenvalue weighted by Crippen LogP contribution is -2.28. The van der Waals surface area contributed by atoms with E-state index in [4.69, 9.17) is 11.6 Å². The number of thioether (sulfide) groups is 1. The van der Waals surface area contributed by atoms with Crippen molar-refractivity contribution in [2.24, 2.45) is 0 Å². The number of carbonyl (C=O) groups is 1. The second kappa shape index (κ2) is 5.41. The first-order chi connectivity index (χ1) is 9.65. The number of rotatable bonds is 3. The lowest BCUT2D eigenvalue weighted by Gasteiger charge is -2.16. The zero-order chi connectivity index (χ0) is 14.1. The number of H-pyrrole nitrogens is 1. The monoisotopic (exact) mass is 312 g/mol. The molecule has 0 aliphatic carbocycles. The first-order valence-electron chi connectivity index (χ1n) is 5.94. The van der Waals surface area contributed by atoms with Crippen LogP contribution in [0, 0.1) is 5.82 Å². The number of amides is 1. The molecule has 0 bridgehead atoms. The quantitative estimate of drug-likeness (QED) is 0.946. The van der Waals surface area contributed by atoms with Crippen molar-refractivity contribution in [1.82, 2.24) is 15.4 Å². The molecule has 0 saturated carbocycles. The van der Waals surface area contributed by atoms with E-state index in [1.165, 1.54) is 23.9 Å². The van der Waals surface area contributed by atoms with Gasteiger partial charge in [0.25, 0.3) is 0 Å². The third-order valence-corrected chi connectivity index (χ3v) is 4.48. The number of nitrogens with one attached hydrogen (secondary N) is 1. The Morgan fingerprint density at radius 2 is 2.35 bits per heavy atom. The highest BCUT2D eigenvalue weighted by Gasteiger charge is 2.34. The molecule has 1 aromatic carbocycles. The van der Waals surface area contributed by atoms with Gasteiger partial charge >= 0.3 is 0 Å². The average Bonchev–Trinajstić information content (AvgIpc) is 3.05. The summed E-state index contributed by atoms with van der Waals surface area (Å²) in [4.78, 5) is 14.0. The van der Waals surface area contributed by atoms with Crippen molar-refractivity contribution in [3.8, 4) is 0 Å². The van der Waals surface area contributed by atoms with E-state index in [2.05, 4.69) is 15.4 Å². The Morgan fingerprint density at radius 3 is 3.05 bits per heavy atom. The predicted molar refractivity (Wildman–Crippen MR) is 74.4 cm³/mol. The van der Waals surface area contributed by atoms with Crippen LogP contribution in [0.1, 0.15) is 6.42 Å². The predicted octanol–water partition coefficient (Wildman–Crippen LogP) is 2.49. The van der Waals surface area contributed by atoms with Crippen LogP contribution in [-0.4, -0.2) is 33.1 Å². The van der Waals surface area contributed by atoms with Gasteiger partial charge in [-0.05, 0) is 24.6 Å². The van der Waals surface area contributed by atoms with E-state index in [-0.39, 0.29) is 16.2 Å². The molecule has 1 N–H and O–H groups in total. The van der Waals surface area contributed by atoms with E-state index >= 15 is 0 Å². The van der Waals surface area contributed by atoms with Gasteiger partial charge in [-0.15, -0.1) is 5.10 Å². The maximum Gasteiger partial charge on any atom is 0.240 e. The van der Waals surface area contributed by atoms with Crippen LogP contribution in [0.25, 0.3) is 0 Å². The molecule has 3 rings (SSSR count). The largest absolute Gasteiger partial charge is 0.311 e. The third kappa shape index (κ3) is 2.51. The smallest absolute Gasteiger partial charge is 0.240 e. The molecule has 1 atom stereocenters. The first kappa shape index (κ1) is 13.4. The highest BCUT2D eigenvalue weighted by Crippen LogP contribution is 2.33. The minimum Gasteiger partial charge on any atom is -0.311 e. The molecule has 1 aliphatic rings. The summed E-state index contributed by atoms with van der Waals surface area (Å²) in [5.41, 5.74) is 0.615. The Bertz CT molecular complexity index is 636. The molecule has 1 aromatic heterocycles. The van der Waals surface area contributed by atoms with Gasteiger partial charge in [0.05, 0.1) is 16.5 Å². The van der Waals surface area contributed by atoms with E-state index in [0.717, 1.165) is 0 Å². The van der Waals surface area contributed by atoms with Crippen molar-refractivity contribution in [3.63, 3.8) is 0 Å². The van der Waals surface area contributed by atoms with Crippen LogP contribution in [0.5, 0.6) is 0 Å². The Labute approximate surface area is 123 Å². The molecule has 0 radical (unpaired) electrons. The van der Waals surface area contributed by atoms with Crippen LogP contribution in [0.15, 0.2) is 29.4 Å². The Morgan fingerprint density at radius 1 is 1.50 bits per heavy atom. The number of anilines is 1. The summed E-state index contributed by atoms with van der Waals surface area (Å²) in [6, 6.07) is 4.29. The topological polar surface area (TPSA) is 61.9 Å². The minimum atomic E-state index is -0.490. The Balaban J connectivity index is 1.76. The first-order valence-corrected chi connectivity index (χ1v) is 7.20. The molecule has 1 saturated heterocycles. The van der Waals surface area contributed by atoms with Crippen LogP contribution in [-0.2, 0) is 4.79 Å². The maximum absolute atomic E-state index is 13.2. The van der Waals surface area contributed by atoms with Crippen LogP contribution in [0.4, 0.5) is 10.1 Å². The molecule has 20 heavy (non-hydrogen) atoms. The normalized spacial score (nSPS) is 18.8. The van der Waals surface area contributed by atoms with E-state index in [1.807, 2.05) is 0 Å². The maximum atomic E-state index is 13.2. The number of halogens is 2. The molecule has 0 spiro atoms. The SMILES string of the molecule is O=C1[C@@H](Sc2cn[nH]n2)CCN1c1ccc(F)c(Cl)c1. The molecule has 1 fully saturated rings. The fourth-order valence-corrected chi connectivity index (χ4v) is 3.19. The van der Waals surface area contributed by atoms with Gasteiger partial charge in [-0.1, -0.05) is 23.4 Å². The van der Waals surface area contributed by atoms with Gasteiger partial charge in [0, 0.05) is 12.2 Å². The van der Waals surface area contributed by atoms with Gasteiger partial charge in [-0.3, -0.25) is 4.79 Å². The van der Waals surface area contributed by atoms with Crippen molar-refractivity contribution in [2.75, 3.05) is 11.4 Å². The van der Waals surface area contributed by atoms with Gasteiger partial charge in [-0.2, -0.15) is 10.3 Å². The summed E-state index contributed by atoms with van der Waals surface area (Å²) >= 11 is 7.12. The molecule has 104 valence electrons. The molecule has 0 unspecified atom stereocenters. The van der Waals surface area contributed by atoms with Crippen molar-refractivity contribution < 1.29 is 9.18 Å². The van der Waals surface area contributed by atoms with Crippen molar-refractivity contribution in [3.05, 3.63) is 35.2 Å². The van der Waals surface area contributed by atoms with Gasteiger partial charge in [-0.25, -0.2) is 4.39 Å². The van der Waals surface area contributed by atoms with Crippen LogP contribution < -0.4 is 4.90 Å². The van der Waals surface area contributed by atoms with Gasteiger partial charge < -0.3 is 4.90 Å². The number of carbonyl (C=O) groups excluding carboxylic acids is 1. The number of benzene rings is 1. The zero-order valence-corrected chi connectivity index (χ0v) is 11.8. The second-order valence-corrected chi connectivity index (χ2v) is 5.92. The Kier molecular flexibility index (Phi) is 3.62. The van der Waals surface area contributed by atoms with Crippen LogP contribution in [0.3, 0.4) is 0 Å². The number of aromatic nitrogens is 3. The molecule has 2 heterocycles. The van der Waals surface area contributed by atoms with E-state index in [0.29, 0.717) is 23.7 Å². The Hall–Kier alpha value is -1.60. The minimum absolute atomic E-state index is 0.0166. The van der Waals surface area contributed by atoms with Crippen LogP contribution >= 0.6 is 23.4 Å². The number of hydrogen-bond acceptors (Lipinski definition) is 4. The van der Waals surface area contributed by atoms with Gasteiger partial charge in [0.15, 0.2) is 0 Å². The van der Waals surface area contributed by atoms with E-state index < -0.39 is 5.82 Å². The second-order valence-electron chi connectivity index (χ2n) is 4.29. The summed E-state index contributed by atoms with van der Waals surface area (Å²) in [6.45, 7) is 0.580. The standard InChI is InChI=1S/C12H10ClFN4OS/c13-8-5-7(1-2-9(8)14)18-4-3-10(12(18)19)20-11-6-15-17-16-11/h1-2,5-6,10H,3-4H2,(H,15,16,17)/t10-/m0/s1. The average molecular weight is 313 g/mol. The van der Waals surface area contributed by atoms with Crippen molar-refractivity contribution in [1.29, 1.82) is 0 Å².